The van der Waals surface area contributed by atoms with Crippen molar-refractivity contribution in [3.63, 3.8) is 0 Å². The highest BCUT2D eigenvalue weighted by Crippen LogP contribution is 2.18. The Morgan fingerprint density at radius 3 is 2.83 bits per heavy atom. The van der Waals surface area contributed by atoms with E-state index in [-0.39, 0.29) is 11.9 Å². The zero-order valence-electron chi connectivity index (χ0n) is 10.7. The van der Waals surface area contributed by atoms with Gasteiger partial charge in [-0.05, 0) is 31.7 Å². The molecule has 1 unspecified atom stereocenters. The summed E-state index contributed by atoms with van der Waals surface area (Å²) < 4.78 is 0. The van der Waals surface area contributed by atoms with E-state index in [1.54, 1.807) is 4.90 Å². The molecule has 1 aliphatic heterocycles. The van der Waals surface area contributed by atoms with Crippen LogP contribution in [0.5, 0.6) is 0 Å². The molecule has 0 aromatic heterocycles. The van der Waals surface area contributed by atoms with E-state index < -0.39 is 0 Å². The Balaban J connectivity index is 1.88. The zero-order chi connectivity index (χ0) is 13.0. The highest BCUT2D eigenvalue weighted by Gasteiger charge is 2.27. The first-order valence-corrected chi connectivity index (χ1v) is 6.45. The average molecular weight is 242 g/mol. The molecule has 1 atom stereocenters. The standard InChI is InChI=1S/C15H18N2O/c1-12-4-6-13(7-5-12)8-9-15(18)17-10-2-3-14(17)11-16/h4-7,14H,2-3,8-10H2,1H3. The van der Waals surface area contributed by atoms with E-state index in [4.69, 9.17) is 5.26 Å². The predicted molar refractivity (Wildman–Crippen MR) is 69.8 cm³/mol. The molecule has 1 aromatic carbocycles. The van der Waals surface area contributed by atoms with Gasteiger partial charge in [0.05, 0.1) is 6.07 Å². The molecule has 0 N–H and O–H groups in total. The van der Waals surface area contributed by atoms with Crippen LogP contribution in [0.1, 0.15) is 30.4 Å². The van der Waals surface area contributed by atoms with Crippen LogP contribution in [0.15, 0.2) is 24.3 Å². The molecule has 1 saturated heterocycles. The first kappa shape index (κ1) is 12.6. The van der Waals surface area contributed by atoms with Crippen LogP contribution in [0.4, 0.5) is 0 Å². The molecule has 0 radical (unpaired) electrons. The van der Waals surface area contributed by atoms with Crippen molar-refractivity contribution in [2.75, 3.05) is 6.54 Å². The monoisotopic (exact) mass is 242 g/mol. The molecule has 1 aliphatic rings. The fraction of sp³-hybridized carbons (Fsp3) is 0.467. The Bertz CT molecular complexity index is 458. The third-order valence-corrected chi connectivity index (χ3v) is 3.47. The van der Waals surface area contributed by atoms with Crippen molar-refractivity contribution < 1.29 is 4.79 Å². The summed E-state index contributed by atoms with van der Waals surface area (Å²) in [7, 11) is 0. The Kier molecular flexibility index (Phi) is 3.99. The van der Waals surface area contributed by atoms with E-state index in [9.17, 15) is 4.79 Å². The molecule has 0 aliphatic carbocycles. The third kappa shape index (κ3) is 2.89. The van der Waals surface area contributed by atoms with Gasteiger partial charge in [-0.15, -0.1) is 0 Å². The van der Waals surface area contributed by atoms with Gasteiger partial charge in [0.2, 0.25) is 5.91 Å². The molecule has 1 aromatic rings. The molecule has 1 heterocycles. The summed E-state index contributed by atoms with van der Waals surface area (Å²) in [6.45, 7) is 2.79. The molecule has 1 fully saturated rings. The lowest BCUT2D eigenvalue weighted by Gasteiger charge is -2.19. The third-order valence-electron chi connectivity index (χ3n) is 3.47. The van der Waals surface area contributed by atoms with E-state index in [0.717, 1.165) is 25.8 Å². The smallest absolute Gasteiger partial charge is 0.223 e. The van der Waals surface area contributed by atoms with Crippen molar-refractivity contribution in [1.82, 2.24) is 4.90 Å². The second kappa shape index (κ2) is 5.68. The Labute approximate surface area is 108 Å². The number of aryl methyl sites for hydroxylation is 2. The van der Waals surface area contributed by atoms with Crippen LogP contribution in [-0.4, -0.2) is 23.4 Å². The van der Waals surface area contributed by atoms with Crippen LogP contribution in [0, 0.1) is 18.3 Å². The van der Waals surface area contributed by atoms with Crippen LogP contribution >= 0.6 is 0 Å². The highest BCUT2D eigenvalue weighted by molar-refractivity contribution is 5.77. The molecule has 94 valence electrons. The van der Waals surface area contributed by atoms with E-state index in [2.05, 4.69) is 37.3 Å². The lowest BCUT2D eigenvalue weighted by Crippen LogP contribution is -2.34. The summed E-state index contributed by atoms with van der Waals surface area (Å²) in [4.78, 5) is 13.8. The number of nitrogens with zero attached hydrogens (tertiary/aromatic N) is 2. The van der Waals surface area contributed by atoms with Crippen molar-refractivity contribution >= 4 is 5.91 Å². The fourth-order valence-corrected chi connectivity index (χ4v) is 2.35. The topological polar surface area (TPSA) is 44.1 Å². The van der Waals surface area contributed by atoms with Crippen molar-refractivity contribution in [2.45, 2.75) is 38.6 Å². The molecule has 1 amide bonds. The average Bonchev–Trinajstić information content (AvgIpc) is 2.86. The fourth-order valence-electron chi connectivity index (χ4n) is 2.35. The number of amides is 1. The predicted octanol–water partition coefficient (Wildman–Crippen LogP) is 2.44. The van der Waals surface area contributed by atoms with Crippen LogP contribution in [0.2, 0.25) is 0 Å². The molecule has 3 nitrogen and oxygen atoms in total. The van der Waals surface area contributed by atoms with Gasteiger partial charge < -0.3 is 4.90 Å². The molecule has 3 heteroatoms. The van der Waals surface area contributed by atoms with Crippen LogP contribution in [-0.2, 0) is 11.2 Å². The SMILES string of the molecule is Cc1ccc(CCC(=O)N2CCCC2C#N)cc1. The van der Waals surface area contributed by atoms with Gasteiger partial charge in [-0.1, -0.05) is 29.8 Å². The molecule has 0 saturated carbocycles. The summed E-state index contributed by atoms with van der Waals surface area (Å²) in [5.74, 6) is 0.111. The summed E-state index contributed by atoms with van der Waals surface area (Å²) >= 11 is 0. The summed E-state index contributed by atoms with van der Waals surface area (Å²) in [6.07, 6.45) is 3.04. The van der Waals surface area contributed by atoms with E-state index >= 15 is 0 Å². The van der Waals surface area contributed by atoms with Crippen molar-refractivity contribution in [1.29, 1.82) is 5.26 Å². The minimum absolute atomic E-state index is 0.111. The van der Waals surface area contributed by atoms with Gasteiger partial charge in [0.25, 0.3) is 0 Å². The second-order valence-electron chi connectivity index (χ2n) is 4.86. The van der Waals surface area contributed by atoms with Gasteiger partial charge in [-0.25, -0.2) is 0 Å². The lowest BCUT2D eigenvalue weighted by molar-refractivity contribution is -0.131. The Morgan fingerprint density at radius 1 is 1.44 bits per heavy atom. The number of nitriles is 1. The number of likely N-dealkylation sites (tertiary alicyclic amines) is 1. The maximum absolute atomic E-state index is 12.0. The van der Waals surface area contributed by atoms with Crippen molar-refractivity contribution in [3.8, 4) is 6.07 Å². The van der Waals surface area contributed by atoms with Gasteiger partial charge in [0, 0.05) is 13.0 Å². The summed E-state index contributed by atoms with van der Waals surface area (Å²) in [5.41, 5.74) is 2.41. The maximum Gasteiger partial charge on any atom is 0.223 e. The summed E-state index contributed by atoms with van der Waals surface area (Å²) in [6, 6.07) is 10.3. The van der Waals surface area contributed by atoms with Crippen LogP contribution < -0.4 is 0 Å². The normalized spacial score (nSPS) is 18.7. The van der Waals surface area contributed by atoms with E-state index in [1.165, 1.54) is 11.1 Å². The molecular formula is C15H18N2O. The molecule has 2 rings (SSSR count). The minimum atomic E-state index is -0.199. The Morgan fingerprint density at radius 2 is 2.17 bits per heavy atom. The number of benzene rings is 1. The first-order chi connectivity index (χ1) is 8.70. The highest BCUT2D eigenvalue weighted by atomic mass is 16.2. The van der Waals surface area contributed by atoms with Crippen LogP contribution in [0.25, 0.3) is 0 Å². The van der Waals surface area contributed by atoms with Gasteiger partial charge in [-0.2, -0.15) is 5.26 Å². The molecule has 18 heavy (non-hydrogen) atoms. The van der Waals surface area contributed by atoms with Crippen molar-refractivity contribution in [2.24, 2.45) is 0 Å². The second-order valence-corrected chi connectivity index (χ2v) is 4.86. The minimum Gasteiger partial charge on any atom is -0.327 e. The Hall–Kier alpha value is -1.82. The van der Waals surface area contributed by atoms with E-state index in [1.807, 2.05) is 0 Å². The van der Waals surface area contributed by atoms with Gasteiger partial charge >= 0.3 is 0 Å². The lowest BCUT2D eigenvalue weighted by atomic mass is 10.1. The van der Waals surface area contributed by atoms with Gasteiger partial charge in [-0.3, -0.25) is 4.79 Å². The molecular weight excluding hydrogens is 224 g/mol. The number of hydrogen-bond acceptors (Lipinski definition) is 2. The molecule has 0 bridgehead atoms. The first-order valence-electron chi connectivity index (χ1n) is 6.45. The number of hydrogen-bond donors (Lipinski definition) is 0. The van der Waals surface area contributed by atoms with Crippen LogP contribution in [0.3, 0.4) is 0 Å². The van der Waals surface area contributed by atoms with Crippen molar-refractivity contribution in [3.05, 3.63) is 35.4 Å². The van der Waals surface area contributed by atoms with Gasteiger partial charge in [0.1, 0.15) is 6.04 Å². The maximum atomic E-state index is 12.0. The summed E-state index contributed by atoms with van der Waals surface area (Å²) in [5, 5.41) is 8.96. The largest absolute Gasteiger partial charge is 0.327 e. The van der Waals surface area contributed by atoms with Gasteiger partial charge in [0.15, 0.2) is 0 Å². The number of rotatable bonds is 3. The number of carbonyl (C=O) groups excluding carboxylic acids is 1. The number of carbonyl (C=O) groups is 1. The molecule has 0 spiro atoms. The quantitative estimate of drug-likeness (QED) is 0.817. The zero-order valence-corrected chi connectivity index (χ0v) is 10.7. The van der Waals surface area contributed by atoms with E-state index in [0.29, 0.717) is 6.42 Å².